The van der Waals surface area contributed by atoms with Crippen molar-refractivity contribution < 1.29 is 4.79 Å². The van der Waals surface area contributed by atoms with Gasteiger partial charge in [-0.1, -0.05) is 0 Å². The Kier molecular flexibility index (Phi) is 5.66. The van der Waals surface area contributed by atoms with Crippen LogP contribution in [-0.2, 0) is 5.75 Å². The molecule has 0 unspecified atom stereocenters. The highest BCUT2D eigenvalue weighted by atomic mass is 32.2. The van der Waals surface area contributed by atoms with Gasteiger partial charge in [0.1, 0.15) is 0 Å². The maximum Gasteiger partial charge on any atom is 0.326 e. The third-order valence-electron chi connectivity index (χ3n) is 3.31. The van der Waals surface area contributed by atoms with Crippen molar-refractivity contribution in [2.75, 3.05) is 32.4 Å². The molecule has 2 rings (SSSR count). The second-order valence-corrected chi connectivity index (χ2v) is 5.93. The monoisotopic (exact) mass is 321 g/mol. The molecular weight excluding hydrogens is 302 g/mol. The van der Waals surface area contributed by atoms with Gasteiger partial charge >= 0.3 is 6.03 Å². The predicted octanol–water partition coefficient (Wildman–Crippen LogP) is 0.745. The Labute approximate surface area is 133 Å². The molecule has 8 nitrogen and oxygen atoms in total. The number of urea groups is 1. The van der Waals surface area contributed by atoms with Crippen LogP contribution in [0.4, 0.5) is 4.79 Å². The molecule has 2 N–H and O–H groups in total. The summed E-state index contributed by atoms with van der Waals surface area (Å²) in [5.41, 5.74) is 2.12. The van der Waals surface area contributed by atoms with E-state index in [1.807, 2.05) is 13.1 Å². The zero-order chi connectivity index (χ0) is 15.9. The molecule has 0 atom stereocenters. The lowest BCUT2D eigenvalue weighted by Crippen LogP contribution is -2.42. The van der Waals surface area contributed by atoms with Crippen molar-refractivity contribution in [1.82, 2.24) is 25.1 Å². The van der Waals surface area contributed by atoms with Gasteiger partial charge < -0.3 is 9.88 Å². The fraction of sp³-hybridized carbons (Fsp3) is 0.538. The van der Waals surface area contributed by atoms with Crippen molar-refractivity contribution in [3.05, 3.63) is 17.7 Å². The zero-order valence-electron chi connectivity index (χ0n) is 12.7. The number of nitrogens with zero attached hydrogens (tertiary/aromatic N) is 5. The Morgan fingerprint density at radius 2 is 2.45 bits per heavy atom. The summed E-state index contributed by atoms with van der Waals surface area (Å²) in [6, 6.07) is -0.138. The first-order valence-corrected chi connectivity index (χ1v) is 8.07. The molecule has 0 aromatic carbocycles. The van der Waals surface area contributed by atoms with Crippen molar-refractivity contribution in [2.24, 2.45) is 4.99 Å². The number of rotatable bonds is 5. The van der Waals surface area contributed by atoms with Crippen molar-refractivity contribution in [1.29, 1.82) is 5.26 Å². The molecule has 2 heterocycles. The molecule has 1 aromatic heterocycles. The van der Waals surface area contributed by atoms with Crippen molar-refractivity contribution in [2.45, 2.75) is 12.7 Å². The molecule has 2 amide bonds. The lowest BCUT2D eigenvalue weighted by atomic mass is 10.4. The summed E-state index contributed by atoms with van der Waals surface area (Å²) in [7, 11) is 1.73. The van der Waals surface area contributed by atoms with Gasteiger partial charge in [-0.05, 0) is 6.92 Å². The average molecular weight is 321 g/mol. The van der Waals surface area contributed by atoms with Crippen molar-refractivity contribution in [3.8, 4) is 6.19 Å². The Morgan fingerprint density at radius 3 is 3.05 bits per heavy atom. The summed E-state index contributed by atoms with van der Waals surface area (Å²) in [5.74, 6) is 1.94. The molecule has 9 heteroatoms. The number of H-pyrrole nitrogens is 1. The van der Waals surface area contributed by atoms with Crippen molar-refractivity contribution in [3.63, 3.8) is 0 Å². The first kappa shape index (κ1) is 16.2. The van der Waals surface area contributed by atoms with E-state index >= 15 is 0 Å². The Hall–Kier alpha value is -2.21. The normalized spacial score (nSPS) is 15.3. The molecule has 1 aliphatic heterocycles. The molecule has 22 heavy (non-hydrogen) atoms. The van der Waals surface area contributed by atoms with Crippen LogP contribution in [0.2, 0.25) is 0 Å². The lowest BCUT2D eigenvalue weighted by molar-refractivity contribution is 0.212. The number of hydrogen-bond acceptors (Lipinski definition) is 5. The second-order valence-electron chi connectivity index (χ2n) is 4.82. The summed E-state index contributed by atoms with van der Waals surface area (Å²) in [6.07, 6.45) is 3.52. The second kappa shape index (κ2) is 7.70. The van der Waals surface area contributed by atoms with Gasteiger partial charge in [0, 0.05) is 37.3 Å². The highest BCUT2D eigenvalue weighted by Gasteiger charge is 2.29. The minimum absolute atomic E-state index is 0.138. The van der Waals surface area contributed by atoms with E-state index in [-0.39, 0.29) is 6.03 Å². The first-order valence-electron chi connectivity index (χ1n) is 6.92. The molecule has 1 aromatic rings. The molecule has 0 bridgehead atoms. The Morgan fingerprint density at radius 1 is 1.64 bits per heavy atom. The number of aromatic nitrogens is 2. The van der Waals surface area contributed by atoms with E-state index in [4.69, 9.17) is 5.26 Å². The minimum Gasteiger partial charge on any atom is -0.348 e. The minimum atomic E-state index is -0.138. The Bertz CT molecular complexity index is 591. The molecular formula is C13H19N7OS. The van der Waals surface area contributed by atoms with Gasteiger partial charge in [0.15, 0.2) is 6.19 Å². The number of hydrogen-bond donors (Lipinski definition) is 2. The SMILES string of the molecule is Cc1[nH]cnc1CSCCN=C(NC#N)N1CCN(C)C1=O. The number of nitrogens with one attached hydrogen (secondary N) is 2. The quantitative estimate of drug-likeness (QED) is 0.274. The van der Waals surface area contributed by atoms with Gasteiger partial charge in [-0.15, -0.1) is 0 Å². The third-order valence-corrected chi connectivity index (χ3v) is 4.26. The van der Waals surface area contributed by atoms with E-state index in [9.17, 15) is 4.79 Å². The molecule has 1 aliphatic rings. The van der Waals surface area contributed by atoms with Crippen LogP contribution >= 0.6 is 11.8 Å². The Balaban J connectivity index is 1.82. The van der Waals surface area contributed by atoms with Crippen LogP contribution < -0.4 is 5.32 Å². The van der Waals surface area contributed by atoms with Crippen LogP contribution in [0.15, 0.2) is 11.3 Å². The van der Waals surface area contributed by atoms with Crippen LogP contribution in [-0.4, -0.2) is 64.2 Å². The first-order chi connectivity index (χ1) is 10.6. The van der Waals surface area contributed by atoms with E-state index < -0.39 is 0 Å². The number of imidazole rings is 1. The summed E-state index contributed by atoms with van der Waals surface area (Å²) in [6.45, 7) is 3.71. The lowest BCUT2D eigenvalue weighted by Gasteiger charge is -2.16. The van der Waals surface area contributed by atoms with Crippen LogP contribution in [0.25, 0.3) is 0 Å². The molecule has 0 aliphatic carbocycles. The van der Waals surface area contributed by atoms with E-state index in [0.717, 1.165) is 22.9 Å². The summed E-state index contributed by atoms with van der Waals surface area (Å²) < 4.78 is 0. The van der Waals surface area contributed by atoms with Gasteiger partial charge in [0.2, 0.25) is 5.96 Å². The summed E-state index contributed by atoms with van der Waals surface area (Å²) in [5, 5.41) is 11.3. The zero-order valence-corrected chi connectivity index (χ0v) is 13.5. The number of likely N-dealkylation sites (N-methyl/N-ethyl adjacent to an activating group) is 1. The average Bonchev–Trinajstić information content (AvgIpc) is 3.05. The van der Waals surface area contributed by atoms with E-state index in [1.165, 1.54) is 4.90 Å². The molecule has 0 radical (unpaired) electrons. The number of carbonyl (C=O) groups excluding carboxylic acids is 1. The number of thioether (sulfide) groups is 1. The van der Waals surface area contributed by atoms with Crippen LogP contribution in [0.5, 0.6) is 0 Å². The standard InChI is InChI=1S/C13H19N7OS/c1-10-11(18-9-17-10)7-22-6-3-15-12(16-8-14)20-5-4-19(2)13(20)21/h9H,3-7H2,1-2H3,(H,15,16)(H,17,18). The number of guanidine groups is 1. The third kappa shape index (κ3) is 3.92. The molecule has 0 spiro atoms. The fourth-order valence-corrected chi connectivity index (χ4v) is 2.85. The maximum atomic E-state index is 11.9. The van der Waals surface area contributed by atoms with Gasteiger partial charge in [-0.3, -0.25) is 15.2 Å². The molecule has 0 saturated carbocycles. The summed E-state index contributed by atoms with van der Waals surface area (Å²) >= 11 is 1.71. The topological polar surface area (TPSA) is 100 Å². The smallest absolute Gasteiger partial charge is 0.326 e. The van der Waals surface area contributed by atoms with Crippen LogP contribution in [0, 0.1) is 18.4 Å². The van der Waals surface area contributed by atoms with Crippen molar-refractivity contribution >= 4 is 23.8 Å². The maximum absolute atomic E-state index is 11.9. The van der Waals surface area contributed by atoms with Crippen LogP contribution in [0.1, 0.15) is 11.4 Å². The number of aromatic amines is 1. The molecule has 1 fully saturated rings. The predicted molar refractivity (Wildman–Crippen MR) is 85.3 cm³/mol. The van der Waals surface area contributed by atoms with Crippen LogP contribution in [0.3, 0.4) is 0 Å². The number of nitriles is 1. The largest absolute Gasteiger partial charge is 0.348 e. The van der Waals surface area contributed by atoms with Gasteiger partial charge in [-0.25, -0.2) is 9.78 Å². The highest BCUT2D eigenvalue weighted by molar-refractivity contribution is 7.98. The molecule has 1 saturated heterocycles. The molecule has 118 valence electrons. The number of aliphatic imine (C=N–C) groups is 1. The van der Waals surface area contributed by atoms with Gasteiger partial charge in [0.25, 0.3) is 0 Å². The fourth-order valence-electron chi connectivity index (χ4n) is 2.00. The van der Waals surface area contributed by atoms with E-state index in [2.05, 4.69) is 20.3 Å². The van der Waals surface area contributed by atoms with Gasteiger partial charge in [-0.2, -0.15) is 17.0 Å². The van der Waals surface area contributed by atoms with E-state index in [1.54, 1.807) is 30.0 Å². The highest BCUT2D eigenvalue weighted by Crippen LogP contribution is 2.12. The van der Waals surface area contributed by atoms with E-state index in [0.29, 0.717) is 25.6 Å². The summed E-state index contributed by atoms with van der Waals surface area (Å²) in [4.78, 5) is 26.6. The number of aryl methyl sites for hydroxylation is 1. The number of carbonyl (C=O) groups is 1. The number of amides is 2. The van der Waals surface area contributed by atoms with Gasteiger partial charge in [0.05, 0.1) is 18.6 Å².